The van der Waals surface area contributed by atoms with E-state index in [2.05, 4.69) is 5.32 Å². The number of likely N-dealkylation sites (N-methyl/N-ethyl adjacent to an activating group) is 1. The van der Waals surface area contributed by atoms with Gasteiger partial charge in [0.1, 0.15) is 0 Å². The van der Waals surface area contributed by atoms with Crippen LogP contribution in [0.5, 0.6) is 0 Å². The molecule has 2 aliphatic rings. The van der Waals surface area contributed by atoms with Crippen LogP contribution in [0.1, 0.15) is 12.0 Å². The minimum Gasteiger partial charge on any atom is -0.434 e. The zero-order valence-corrected chi connectivity index (χ0v) is 12.5. The fourth-order valence-corrected chi connectivity index (χ4v) is 2.78. The standard InChI is InChI=1S/C15H17N3O4/c1-16-14(20)12-8-18(15(21)22-12)10-4-5-11-9(7-10)3-6-13(19)17(11)2/h4-5,7,12H,3,6,8H2,1-2H3,(H,16,20). The summed E-state index contributed by atoms with van der Waals surface area (Å²) in [5, 5.41) is 2.47. The molecule has 0 radical (unpaired) electrons. The lowest BCUT2D eigenvalue weighted by atomic mass is 10.0. The van der Waals surface area contributed by atoms with Crippen molar-refractivity contribution >= 4 is 29.3 Å². The van der Waals surface area contributed by atoms with Crippen molar-refractivity contribution < 1.29 is 19.1 Å². The van der Waals surface area contributed by atoms with Gasteiger partial charge in [0, 0.05) is 31.9 Å². The molecule has 1 aromatic carbocycles. The molecule has 116 valence electrons. The zero-order chi connectivity index (χ0) is 15.9. The number of hydrogen-bond donors (Lipinski definition) is 1. The molecule has 1 unspecified atom stereocenters. The Morgan fingerprint density at radius 3 is 2.82 bits per heavy atom. The van der Waals surface area contributed by atoms with E-state index in [1.54, 1.807) is 18.0 Å². The van der Waals surface area contributed by atoms with Crippen molar-refractivity contribution in [2.75, 3.05) is 30.4 Å². The zero-order valence-electron chi connectivity index (χ0n) is 12.5. The van der Waals surface area contributed by atoms with Crippen LogP contribution in [0.15, 0.2) is 18.2 Å². The van der Waals surface area contributed by atoms with Crippen molar-refractivity contribution in [2.45, 2.75) is 18.9 Å². The average molecular weight is 303 g/mol. The molecular weight excluding hydrogens is 286 g/mol. The summed E-state index contributed by atoms with van der Waals surface area (Å²) in [6, 6.07) is 5.47. The van der Waals surface area contributed by atoms with Crippen LogP contribution in [-0.2, 0) is 20.7 Å². The quantitative estimate of drug-likeness (QED) is 0.871. The Kier molecular flexibility index (Phi) is 3.48. The maximum Gasteiger partial charge on any atom is 0.415 e. The number of fused-ring (bicyclic) bond motifs is 1. The number of nitrogens with one attached hydrogen (secondary N) is 1. The highest BCUT2D eigenvalue weighted by Crippen LogP contribution is 2.32. The molecule has 1 fully saturated rings. The van der Waals surface area contributed by atoms with Crippen LogP contribution in [0, 0.1) is 0 Å². The van der Waals surface area contributed by atoms with E-state index in [0.29, 0.717) is 18.5 Å². The number of rotatable bonds is 2. The highest BCUT2D eigenvalue weighted by Gasteiger charge is 2.37. The summed E-state index contributed by atoms with van der Waals surface area (Å²) in [6.45, 7) is 0.187. The maximum atomic E-state index is 11.9. The number of cyclic esters (lactones) is 1. The number of ether oxygens (including phenoxy) is 1. The fourth-order valence-electron chi connectivity index (χ4n) is 2.78. The van der Waals surface area contributed by atoms with Crippen LogP contribution >= 0.6 is 0 Å². The first-order valence-electron chi connectivity index (χ1n) is 7.10. The Morgan fingerprint density at radius 2 is 2.09 bits per heavy atom. The van der Waals surface area contributed by atoms with Crippen LogP contribution in [0.4, 0.5) is 16.2 Å². The van der Waals surface area contributed by atoms with Gasteiger partial charge in [0.15, 0.2) is 6.10 Å². The van der Waals surface area contributed by atoms with E-state index in [9.17, 15) is 14.4 Å². The lowest BCUT2D eigenvalue weighted by molar-refractivity contribution is -0.127. The van der Waals surface area contributed by atoms with Crippen LogP contribution in [-0.4, -0.2) is 44.7 Å². The number of benzene rings is 1. The predicted molar refractivity (Wildman–Crippen MR) is 79.9 cm³/mol. The van der Waals surface area contributed by atoms with Gasteiger partial charge >= 0.3 is 6.09 Å². The van der Waals surface area contributed by atoms with E-state index in [0.717, 1.165) is 11.3 Å². The predicted octanol–water partition coefficient (Wildman–Crippen LogP) is 0.667. The van der Waals surface area contributed by atoms with E-state index >= 15 is 0 Å². The third-order valence-corrected chi connectivity index (χ3v) is 4.07. The third-order valence-electron chi connectivity index (χ3n) is 4.07. The number of carbonyl (C=O) groups excluding carboxylic acids is 3. The topological polar surface area (TPSA) is 79.0 Å². The Morgan fingerprint density at radius 1 is 1.32 bits per heavy atom. The first-order valence-corrected chi connectivity index (χ1v) is 7.10. The van der Waals surface area contributed by atoms with Crippen LogP contribution in [0.25, 0.3) is 0 Å². The number of hydrogen-bond acceptors (Lipinski definition) is 4. The molecule has 22 heavy (non-hydrogen) atoms. The van der Waals surface area contributed by atoms with Crippen molar-refractivity contribution in [1.29, 1.82) is 0 Å². The van der Waals surface area contributed by atoms with Gasteiger partial charge in [-0.05, 0) is 30.2 Å². The molecule has 2 aliphatic heterocycles. The number of aryl methyl sites for hydroxylation is 1. The Bertz CT molecular complexity index is 658. The van der Waals surface area contributed by atoms with Gasteiger partial charge < -0.3 is 15.0 Å². The van der Waals surface area contributed by atoms with Gasteiger partial charge in [-0.1, -0.05) is 0 Å². The van der Waals surface area contributed by atoms with E-state index in [1.807, 2.05) is 12.1 Å². The molecule has 1 saturated heterocycles. The molecule has 0 spiro atoms. The fraction of sp³-hybridized carbons (Fsp3) is 0.400. The van der Waals surface area contributed by atoms with Gasteiger partial charge in [-0.3, -0.25) is 14.5 Å². The molecule has 0 saturated carbocycles. The second-order valence-corrected chi connectivity index (χ2v) is 5.36. The summed E-state index contributed by atoms with van der Waals surface area (Å²) in [5.74, 6) is -0.236. The Balaban J connectivity index is 1.86. The molecule has 0 aliphatic carbocycles. The minimum absolute atomic E-state index is 0.0838. The van der Waals surface area contributed by atoms with Crippen molar-refractivity contribution in [1.82, 2.24) is 5.32 Å². The third kappa shape index (κ3) is 2.28. The van der Waals surface area contributed by atoms with Crippen LogP contribution in [0.2, 0.25) is 0 Å². The summed E-state index contributed by atoms with van der Waals surface area (Å²) in [5.41, 5.74) is 2.55. The second-order valence-electron chi connectivity index (χ2n) is 5.36. The van der Waals surface area contributed by atoms with E-state index in [4.69, 9.17) is 4.74 Å². The molecule has 3 amide bonds. The van der Waals surface area contributed by atoms with Gasteiger partial charge in [0.25, 0.3) is 5.91 Å². The molecule has 3 rings (SSSR count). The summed E-state index contributed by atoms with van der Waals surface area (Å²) in [7, 11) is 3.25. The molecule has 2 heterocycles. The van der Waals surface area contributed by atoms with Crippen molar-refractivity contribution in [3.63, 3.8) is 0 Å². The maximum absolute atomic E-state index is 11.9. The SMILES string of the molecule is CNC(=O)C1CN(c2ccc3c(c2)CCC(=O)N3C)C(=O)O1. The molecule has 0 bridgehead atoms. The number of nitrogens with zero attached hydrogens (tertiary/aromatic N) is 2. The Labute approximate surface area is 127 Å². The summed E-state index contributed by atoms with van der Waals surface area (Å²) < 4.78 is 5.07. The van der Waals surface area contributed by atoms with E-state index in [1.165, 1.54) is 11.9 Å². The normalized spacial score (nSPS) is 20.7. The number of amides is 3. The van der Waals surface area contributed by atoms with Crippen molar-refractivity contribution in [3.8, 4) is 0 Å². The highest BCUT2D eigenvalue weighted by atomic mass is 16.6. The van der Waals surface area contributed by atoms with Gasteiger partial charge in [0.2, 0.25) is 5.91 Å². The molecule has 0 aromatic heterocycles. The van der Waals surface area contributed by atoms with Gasteiger partial charge in [-0.2, -0.15) is 0 Å². The van der Waals surface area contributed by atoms with Gasteiger partial charge in [-0.15, -0.1) is 0 Å². The smallest absolute Gasteiger partial charge is 0.415 e. The molecule has 7 nitrogen and oxygen atoms in total. The van der Waals surface area contributed by atoms with Crippen LogP contribution in [0.3, 0.4) is 0 Å². The largest absolute Gasteiger partial charge is 0.434 e. The average Bonchev–Trinajstić information content (AvgIpc) is 2.92. The van der Waals surface area contributed by atoms with Crippen LogP contribution < -0.4 is 15.1 Å². The Hall–Kier alpha value is -2.57. The highest BCUT2D eigenvalue weighted by molar-refractivity contribution is 5.98. The summed E-state index contributed by atoms with van der Waals surface area (Å²) >= 11 is 0. The summed E-state index contributed by atoms with van der Waals surface area (Å²) in [4.78, 5) is 38.3. The van der Waals surface area contributed by atoms with Crippen molar-refractivity contribution in [3.05, 3.63) is 23.8 Å². The van der Waals surface area contributed by atoms with E-state index in [-0.39, 0.29) is 18.4 Å². The molecular formula is C15H17N3O4. The second kappa shape index (κ2) is 5.32. The molecule has 1 aromatic rings. The lowest BCUT2D eigenvalue weighted by Gasteiger charge is -2.27. The first-order chi connectivity index (χ1) is 10.5. The number of carbonyl (C=O) groups is 3. The molecule has 1 atom stereocenters. The monoisotopic (exact) mass is 303 g/mol. The van der Waals surface area contributed by atoms with Gasteiger partial charge in [0.05, 0.1) is 6.54 Å². The minimum atomic E-state index is -0.794. The summed E-state index contributed by atoms with van der Waals surface area (Å²) in [6.07, 6.45) is -0.224. The van der Waals surface area contributed by atoms with Gasteiger partial charge in [-0.25, -0.2) is 4.79 Å². The molecule has 1 N–H and O–H groups in total. The lowest BCUT2D eigenvalue weighted by Crippen LogP contribution is -2.35. The van der Waals surface area contributed by atoms with Crippen molar-refractivity contribution in [2.24, 2.45) is 0 Å². The van der Waals surface area contributed by atoms with E-state index < -0.39 is 12.2 Å². The first kappa shape index (κ1) is 14.4. The molecule has 7 heteroatoms. The number of anilines is 2.